The fraction of sp³-hybridized carbons (Fsp3) is 0.462. The van der Waals surface area contributed by atoms with Gasteiger partial charge in [0.05, 0.1) is 0 Å². The molecule has 1 atom stereocenters. The summed E-state index contributed by atoms with van der Waals surface area (Å²) in [5.41, 5.74) is 0.950. The van der Waals surface area contributed by atoms with Crippen LogP contribution in [0.3, 0.4) is 0 Å². The Bertz CT molecular complexity index is 414. The highest BCUT2D eigenvalue weighted by molar-refractivity contribution is 5.66. The second-order valence-electron chi connectivity index (χ2n) is 4.00. The van der Waals surface area contributed by atoms with Crippen molar-refractivity contribution in [3.63, 3.8) is 0 Å². The van der Waals surface area contributed by atoms with Gasteiger partial charge in [-0.3, -0.25) is 4.79 Å². The Kier molecular flexibility index (Phi) is 3.52. The average molecular weight is 236 g/mol. The lowest BCUT2D eigenvalue weighted by molar-refractivity contribution is -0.147. The van der Waals surface area contributed by atoms with E-state index in [1.807, 2.05) is 18.2 Å². The molecular weight excluding hydrogens is 220 g/mol. The predicted molar refractivity (Wildman–Crippen MR) is 62.0 cm³/mol. The van der Waals surface area contributed by atoms with Crippen molar-refractivity contribution in [2.45, 2.75) is 32.8 Å². The number of carbonyl (C=O) groups is 1. The van der Waals surface area contributed by atoms with E-state index in [-0.39, 0.29) is 18.9 Å². The lowest BCUT2D eigenvalue weighted by atomic mass is 10.0. The van der Waals surface area contributed by atoms with Crippen molar-refractivity contribution >= 4 is 5.97 Å². The van der Waals surface area contributed by atoms with Crippen LogP contribution in [0.5, 0.6) is 11.5 Å². The molecule has 0 aliphatic carbocycles. The van der Waals surface area contributed by atoms with Crippen LogP contribution >= 0.6 is 0 Å². The van der Waals surface area contributed by atoms with Crippen LogP contribution in [0.25, 0.3) is 0 Å². The highest BCUT2D eigenvalue weighted by Crippen LogP contribution is 2.35. The van der Waals surface area contributed by atoms with E-state index in [4.69, 9.17) is 14.2 Å². The molecule has 0 bridgehead atoms. The van der Waals surface area contributed by atoms with Gasteiger partial charge in [-0.05, 0) is 24.1 Å². The predicted octanol–water partition coefficient (Wildman–Crippen LogP) is 2.82. The standard InChI is InChI=1S/C13H16O4/c1-3-4-11(17-9(2)14)10-5-6-12-13(7-10)16-8-15-12/h5-7,11H,3-4,8H2,1-2H3. The number of fused-ring (bicyclic) bond motifs is 1. The molecule has 1 aromatic rings. The van der Waals surface area contributed by atoms with E-state index in [1.165, 1.54) is 6.92 Å². The molecule has 0 N–H and O–H groups in total. The third-order valence-electron chi connectivity index (χ3n) is 2.63. The van der Waals surface area contributed by atoms with E-state index in [1.54, 1.807) is 0 Å². The molecule has 92 valence electrons. The van der Waals surface area contributed by atoms with Crippen molar-refractivity contribution in [2.75, 3.05) is 6.79 Å². The molecule has 1 unspecified atom stereocenters. The first-order valence-electron chi connectivity index (χ1n) is 5.77. The maximum atomic E-state index is 11.1. The molecule has 0 spiro atoms. The normalized spacial score (nSPS) is 14.5. The van der Waals surface area contributed by atoms with Crippen LogP contribution < -0.4 is 9.47 Å². The molecular formula is C13H16O4. The van der Waals surface area contributed by atoms with Gasteiger partial charge in [0.25, 0.3) is 0 Å². The number of rotatable bonds is 4. The van der Waals surface area contributed by atoms with Gasteiger partial charge in [-0.15, -0.1) is 0 Å². The van der Waals surface area contributed by atoms with Crippen molar-refractivity contribution in [1.82, 2.24) is 0 Å². The summed E-state index contributed by atoms with van der Waals surface area (Å²) >= 11 is 0. The van der Waals surface area contributed by atoms with E-state index < -0.39 is 0 Å². The number of hydrogen-bond acceptors (Lipinski definition) is 4. The van der Waals surface area contributed by atoms with Crippen molar-refractivity contribution in [1.29, 1.82) is 0 Å². The molecule has 0 fully saturated rings. The molecule has 1 aliphatic rings. The van der Waals surface area contributed by atoms with Crippen LogP contribution in [0.15, 0.2) is 18.2 Å². The molecule has 0 aromatic heterocycles. The monoisotopic (exact) mass is 236 g/mol. The van der Waals surface area contributed by atoms with Crippen molar-refractivity contribution in [3.05, 3.63) is 23.8 Å². The first-order valence-corrected chi connectivity index (χ1v) is 5.77. The Morgan fingerprint density at radius 1 is 1.41 bits per heavy atom. The van der Waals surface area contributed by atoms with Crippen LogP contribution in [0.1, 0.15) is 38.4 Å². The molecule has 1 aliphatic heterocycles. The van der Waals surface area contributed by atoms with Gasteiger partial charge in [0.1, 0.15) is 6.10 Å². The quantitative estimate of drug-likeness (QED) is 0.754. The smallest absolute Gasteiger partial charge is 0.303 e. The second-order valence-corrected chi connectivity index (χ2v) is 4.00. The number of benzene rings is 1. The summed E-state index contributed by atoms with van der Waals surface area (Å²) in [4.78, 5) is 11.1. The Morgan fingerprint density at radius 2 is 2.18 bits per heavy atom. The van der Waals surface area contributed by atoms with Crippen LogP contribution in [-0.4, -0.2) is 12.8 Å². The fourth-order valence-electron chi connectivity index (χ4n) is 1.87. The fourth-order valence-corrected chi connectivity index (χ4v) is 1.87. The highest BCUT2D eigenvalue weighted by atomic mass is 16.7. The number of hydrogen-bond donors (Lipinski definition) is 0. The minimum Gasteiger partial charge on any atom is -0.458 e. The molecule has 0 radical (unpaired) electrons. The Morgan fingerprint density at radius 3 is 2.88 bits per heavy atom. The first-order chi connectivity index (χ1) is 8.20. The van der Waals surface area contributed by atoms with Crippen LogP contribution in [0.4, 0.5) is 0 Å². The first kappa shape index (κ1) is 11.8. The van der Waals surface area contributed by atoms with E-state index in [9.17, 15) is 4.79 Å². The summed E-state index contributed by atoms with van der Waals surface area (Å²) in [6.45, 7) is 3.74. The molecule has 0 amide bonds. The van der Waals surface area contributed by atoms with Crippen molar-refractivity contribution < 1.29 is 19.0 Å². The molecule has 0 saturated carbocycles. The maximum Gasteiger partial charge on any atom is 0.303 e. The molecule has 4 heteroatoms. The summed E-state index contributed by atoms with van der Waals surface area (Å²) in [7, 11) is 0. The SMILES string of the molecule is CCCC(OC(C)=O)c1ccc2c(c1)OCO2. The van der Waals surface area contributed by atoms with Gasteiger partial charge in [-0.2, -0.15) is 0 Å². The largest absolute Gasteiger partial charge is 0.458 e. The van der Waals surface area contributed by atoms with Gasteiger partial charge < -0.3 is 14.2 Å². The minimum atomic E-state index is -0.263. The zero-order chi connectivity index (χ0) is 12.3. The van der Waals surface area contributed by atoms with Crippen LogP contribution in [-0.2, 0) is 9.53 Å². The zero-order valence-corrected chi connectivity index (χ0v) is 10.1. The highest BCUT2D eigenvalue weighted by Gasteiger charge is 2.19. The summed E-state index contributed by atoms with van der Waals surface area (Å²) in [6.07, 6.45) is 1.55. The summed E-state index contributed by atoms with van der Waals surface area (Å²) in [5, 5.41) is 0. The zero-order valence-electron chi connectivity index (χ0n) is 10.1. The molecule has 0 saturated heterocycles. The topological polar surface area (TPSA) is 44.8 Å². The van der Waals surface area contributed by atoms with E-state index in [2.05, 4.69) is 6.92 Å². The molecule has 17 heavy (non-hydrogen) atoms. The minimum absolute atomic E-state index is 0.202. The Labute approximate surface area is 100 Å². The Hall–Kier alpha value is -1.71. The third kappa shape index (κ3) is 2.70. The van der Waals surface area contributed by atoms with Crippen molar-refractivity contribution in [3.8, 4) is 11.5 Å². The van der Waals surface area contributed by atoms with Gasteiger partial charge in [0, 0.05) is 6.92 Å². The van der Waals surface area contributed by atoms with E-state index in [0.29, 0.717) is 0 Å². The van der Waals surface area contributed by atoms with E-state index in [0.717, 1.165) is 29.9 Å². The van der Waals surface area contributed by atoms with Gasteiger partial charge in [-0.25, -0.2) is 0 Å². The summed E-state index contributed by atoms with van der Waals surface area (Å²) in [5.74, 6) is 1.20. The molecule has 1 heterocycles. The number of ether oxygens (including phenoxy) is 3. The van der Waals surface area contributed by atoms with Crippen molar-refractivity contribution in [2.24, 2.45) is 0 Å². The lowest BCUT2D eigenvalue weighted by Gasteiger charge is -2.16. The average Bonchev–Trinajstić information content (AvgIpc) is 2.74. The Balaban J connectivity index is 2.20. The molecule has 1 aromatic carbocycles. The maximum absolute atomic E-state index is 11.1. The van der Waals surface area contributed by atoms with Gasteiger partial charge >= 0.3 is 5.97 Å². The molecule has 4 nitrogen and oxygen atoms in total. The number of carbonyl (C=O) groups excluding carboxylic acids is 1. The summed E-state index contributed by atoms with van der Waals surface area (Å²) < 4.78 is 15.9. The van der Waals surface area contributed by atoms with Gasteiger partial charge in [0.2, 0.25) is 6.79 Å². The number of esters is 1. The third-order valence-corrected chi connectivity index (χ3v) is 2.63. The van der Waals surface area contributed by atoms with Gasteiger partial charge in [-0.1, -0.05) is 19.4 Å². The second kappa shape index (κ2) is 5.08. The van der Waals surface area contributed by atoms with Crippen LogP contribution in [0.2, 0.25) is 0 Å². The lowest BCUT2D eigenvalue weighted by Crippen LogP contribution is -2.08. The van der Waals surface area contributed by atoms with Gasteiger partial charge in [0.15, 0.2) is 11.5 Å². The van der Waals surface area contributed by atoms with Crippen LogP contribution in [0, 0.1) is 0 Å². The molecule has 2 rings (SSSR count). The summed E-state index contributed by atoms with van der Waals surface area (Å²) in [6, 6.07) is 5.65. The van der Waals surface area contributed by atoms with E-state index >= 15 is 0 Å².